The summed E-state index contributed by atoms with van der Waals surface area (Å²) >= 11 is 0. The maximum atomic E-state index is 5.74. The fraction of sp³-hybridized carbons (Fsp3) is 0.250. The minimum absolute atomic E-state index is 0.440. The first-order chi connectivity index (χ1) is 7.31. The van der Waals surface area contributed by atoms with Crippen LogP contribution in [-0.4, -0.2) is 5.16 Å². The predicted molar refractivity (Wildman–Crippen MR) is 59.5 cm³/mol. The Kier molecular flexibility index (Phi) is 2.72. The van der Waals surface area contributed by atoms with Crippen molar-refractivity contribution in [3.8, 4) is 0 Å². The van der Waals surface area contributed by atoms with Crippen molar-refractivity contribution in [1.82, 2.24) is 5.16 Å². The fourth-order valence-electron chi connectivity index (χ4n) is 1.62. The number of benzene rings is 1. The number of aromatic nitrogens is 1. The maximum Gasteiger partial charge on any atom is 0.225 e. The Bertz CT molecular complexity index is 434. The molecular formula is C12H14N2O. The first-order valence-corrected chi connectivity index (χ1v) is 5.08. The van der Waals surface area contributed by atoms with Crippen LogP contribution >= 0.6 is 0 Å². The molecule has 1 aromatic carbocycles. The number of hydrogen-bond acceptors (Lipinski definition) is 3. The van der Waals surface area contributed by atoms with Crippen LogP contribution in [0, 0.1) is 0 Å². The van der Waals surface area contributed by atoms with Gasteiger partial charge in [0, 0.05) is 12.0 Å². The molecule has 0 aliphatic rings. The molecule has 15 heavy (non-hydrogen) atoms. The number of nitrogens with two attached hydrogens (primary N) is 1. The van der Waals surface area contributed by atoms with Crippen molar-refractivity contribution in [2.45, 2.75) is 19.8 Å². The summed E-state index contributed by atoms with van der Waals surface area (Å²) in [6.45, 7) is 2.05. The van der Waals surface area contributed by atoms with Gasteiger partial charge in [-0.05, 0) is 12.0 Å². The van der Waals surface area contributed by atoms with Crippen molar-refractivity contribution in [3.63, 3.8) is 0 Å². The van der Waals surface area contributed by atoms with Gasteiger partial charge in [-0.25, -0.2) is 0 Å². The molecule has 0 amide bonds. The van der Waals surface area contributed by atoms with Gasteiger partial charge in [0.15, 0.2) is 0 Å². The van der Waals surface area contributed by atoms with Crippen LogP contribution in [0.3, 0.4) is 0 Å². The molecule has 0 fully saturated rings. The first-order valence-electron chi connectivity index (χ1n) is 5.08. The fourth-order valence-corrected chi connectivity index (χ4v) is 1.62. The summed E-state index contributed by atoms with van der Waals surface area (Å²) in [5.74, 6) is 0.440. The molecule has 0 bridgehead atoms. The second-order valence-electron chi connectivity index (χ2n) is 3.49. The quantitative estimate of drug-likeness (QED) is 0.831. The lowest BCUT2D eigenvalue weighted by Gasteiger charge is -2.00. The van der Waals surface area contributed by atoms with Crippen LogP contribution in [0.1, 0.15) is 23.7 Å². The Morgan fingerprint density at radius 3 is 2.67 bits per heavy atom. The number of nitrogens with zero attached hydrogens (tertiary/aromatic N) is 1. The summed E-state index contributed by atoms with van der Waals surface area (Å²) in [5.41, 5.74) is 8.93. The molecule has 2 N–H and O–H groups in total. The number of aryl methyl sites for hydroxylation is 1. The Labute approximate surface area is 88.9 Å². The van der Waals surface area contributed by atoms with E-state index in [9.17, 15) is 0 Å². The smallest absolute Gasteiger partial charge is 0.225 e. The minimum Gasteiger partial charge on any atom is -0.367 e. The molecular weight excluding hydrogens is 188 g/mol. The van der Waals surface area contributed by atoms with E-state index >= 15 is 0 Å². The van der Waals surface area contributed by atoms with Crippen molar-refractivity contribution < 1.29 is 4.52 Å². The highest BCUT2D eigenvalue weighted by molar-refractivity contribution is 5.42. The van der Waals surface area contributed by atoms with Gasteiger partial charge in [0.25, 0.3) is 0 Å². The predicted octanol–water partition coefficient (Wildman–Crippen LogP) is 2.41. The SMILES string of the molecule is CCc1noc(N)c1Cc1ccccc1. The highest BCUT2D eigenvalue weighted by Gasteiger charge is 2.11. The normalized spacial score (nSPS) is 10.5. The molecule has 3 nitrogen and oxygen atoms in total. The first kappa shape index (κ1) is 9.77. The second kappa shape index (κ2) is 4.17. The molecule has 0 spiro atoms. The van der Waals surface area contributed by atoms with Crippen molar-refractivity contribution in [1.29, 1.82) is 0 Å². The Hall–Kier alpha value is -1.77. The molecule has 78 valence electrons. The third kappa shape index (κ3) is 2.01. The van der Waals surface area contributed by atoms with Crippen LogP contribution in [0.15, 0.2) is 34.9 Å². The molecule has 3 heteroatoms. The molecule has 0 atom stereocenters. The van der Waals surface area contributed by atoms with Crippen LogP contribution < -0.4 is 5.73 Å². The van der Waals surface area contributed by atoms with Gasteiger partial charge in [0.05, 0.1) is 5.69 Å². The zero-order valence-corrected chi connectivity index (χ0v) is 8.73. The van der Waals surface area contributed by atoms with E-state index in [4.69, 9.17) is 10.3 Å². The third-order valence-corrected chi connectivity index (χ3v) is 2.46. The standard InChI is InChI=1S/C12H14N2O/c1-2-11-10(12(13)15-14-11)8-9-6-4-3-5-7-9/h3-7H,2,8,13H2,1H3. The van der Waals surface area contributed by atoms with Crippen molar-refractivity contribution in [2.24, 2.45) is 0 Å². The van der Waals surface area contributed by atoms with Gasteiger partial charge < -0.3 is 10.3 Å². The molecule has 0 aliphatic heterocycles. The van der Waals surface area contributed by atoms with Crippen LogP contribution in [0.2, 0.25) is 0 Å². The molecule has 0 aliphatic carbocycles. The highest BCUT2D eigenvalue weighted by Crippen LogP contribution is 2.20. The number of hydrogen-bond donors (Lipinski definition) is 1. The number of nitrogen functional groups attached to an aromatic ring is 1. The van der Waals surface area contributed by atoms with E-state index in [0.717, 1.165) is 24.1 Å². The summed E-state index contributed by atoms with van der Waals surface area (Å²) in [6, 6.07) is 10.2. The van der Waals surface area contributed by atoms with Crippen LogP contribution in [-0.2, 0) is 12.8 Å². The lowest BCUT2D eigenvalue weighted by Crippen LogP contribution is -1.95. The molecule has 2 rings (SSSR count). The van der Waals surface area contributed by atoms with Gasteiger partial charge in [-0.2, -0.15) is 0 Å². The average Bonchev–Trinajstić information content (AvgIpc) is 2.62. The topological polar surface area (TPSA) is 52.0 Å². The summed E-state index contributed by atoms with van der Waals surface area (Å²) in [6.07, 6.45) is 1.64. The van der Waals surface area contributed by atoms with Gasteiger partial charge in [-0.15, -0.1) is 0 Å². The average molecular weight is 202 g/mol. The van der Waals surface area contributed by atoms with Gasteiger partial charge in [-0.3, -0.25) is 0 Å². The Balaban J connectivity index is 2.27. The molecule has 0 radical (unpaired) electrons. The number of anilines is 1. The van der Waals surface area contributed by atoms with Gasteiger partial charge in [-0.1, -0.05) is 42.4 Å². The molecule has 1 aromatic heterocycles. The van der Waals surface area contributed by atoms with E-state index in [1.54, 1.807) is 0 Å². The van der Waals surface area contributed by atoms with E-state index in [2.05, 4.69) is 17.3 Å². The molecule has 0 unspecified atom stereocenters. The van der Waals surface area contributed by atoms with Gasteiger partial charge in [0.2, 0.25) is 5.88 Å². The Morgan fingerprint density at radius 2 is 2.00 bits per heavy atom. The third-order valence-electron chi connectivity index (χ3n) is 2.46. The molecule has 0 saturated carbocycles. The van der Waals surface area contributed by atoms with Crippen LogP contribution in [0.5, 0.6) is 0 Å². The highest BCUT2D eigenvalue weighted by atomic mass is 16.5. The summed E-state index contributed by atoms with van der Waals surface area (Å²) < 4.78 is 4.99. The van der Waals surface area contributed by atoms with E-state index in [1.165, 1.54) is 5.56 Å². The Morgan fingerprint density at radius 1 is 1.27 bits per heavy atom. The van der Waals surface area contributed by atoms with Crippen LogP contribution in [0.4, 0.5) is 5.88 Å². The van der Waals surface area contributed by atoms with E-state index in [0.29, 0.717) is 5.88 Å². The van der Waals surface area contributed by atoms with Crippen molar-refractivity contribution in [3.05, 3.63) is 47.2 Å². The number of rotatable bonds is 3. The van der Waals surface area contributed by atoms with Gasteiger partial charge in [0.1, 0.15) is 0 Å². The van der Waals surface area contributed by atoms with Crippen molar-refractivity contribution in [2.75, 3.05) is 5.73 Å². The van der Waals surface area contributed by atoms with Gasteiger partial charge >= 0.3 is 0 Å². The summed E-state index contributed by atoms with van der Waals surface area (Å²) in [4.78, 5) is 0. The van der Waals surface area contributed by atoms with E-state index in [-0.39, 0.29) is 0 Å². The van der Waals surface area contributed by atoms with E-state index in [1.807, 2.05) is 25.1 Å². The van der Waals surface area contributed by atoms with Crippen LogP contribution in [0.25, 0.3) is 0 Å². The van der Waals surface area contributed by atoms with E-state index < -0.39 is 0 Å². The summed E-state index contributed by atoms with van der Waals surface area (Å²) in [7, 11) is 0. The zero-order chi connectivity index (χ0) is 10.7. The van der Waals surface area contributed by atoms with Crippen molar-refractivity contribution >= 4 is 5.88 Å². The second-order valence-corrected chi connectivity index (χ2v) is 3.49. The molecule has 0 saturated heterocycles. The monoisotopic (exact) mass is 202 g/mol. The summed E-state index contributed by atoms with van der Waals surface area (Å²) in [5, 5.41) is 3.93. The molecule has 2 aromatic rings. The minimum atomic E-state index is 0.440. The maximum absolute atomic E-state index is 5.74. The largest absolute Gasteiger partial charge is 0.367 e. The molecule has 1 heterocycles. The lowest BCUT2D eigenvalue weighted by molar-refractivity contribution is 0.428. The zero-order valence-electron chi connectivity index (χ0n) is 8.73. The lowest BCUT2D eigenvalue weighted by atomic mass is 10.0.